The molecule has 106 valence electrons. The molecule has 2 rings (SSSR count). The largest absolute Gasteiger partial charge is 0.492 e. The standard InChI is InChI=1S/C16H26N2O/c1-18(13-14-6-3-2-4-7-14)10-11-19-16-9-5-8-15(17)12-16/h5,8-9,12,14H,2-4,6-7,10-11,13,17H2,1H3. The van der Waals surface area contributed by atoms with E-state index in [2.05, 4.69) is 11.9 Å². The van der Waals surface area contributed by atoms with E-state index in [-0.39, 0.29) is 0 Å². The van der Waals surface area contributed by atoms with Gasteiger partial charge in [-0.2, -0.15) is 0 Å². The predicted octanol–water partition coefficient (Wildman–Crippen LogP) is 3.16. The van der Waals surface area contributed by atoms with Gasteiger partial charge in [0.25, 0.3) is 0 Å². The van der Waals surface area contributed by atoms with Crippen LogP contribution >= 0.6 is 0 Å². The Kier molecular flexibility index (Phi) is 5.52. The third kappa shape index (κ3) is 5.11. The average molecular weight is 262 g/mol. The lowest BCUT2D eigenvalue weighted by Crippen LogP contribution is -2.30. The minimum atomic E-state index is 0.729. The van der Waals surface area contributed by atoms with Crippen LogP contribution in [0.25, 0.3) is 0 Å². The molecule has 0 spiro atoms. The Morgan fingerprint density at radius 1 is 1.26 bits per heavy atom. The van der Waals surface area contributed by atoms with Crippen LogP contribution in [0.5, 0.6) is 5.75 Å². The molecule has 1 aliphatic rings. The molecular formula is C16H26N2O. The van der Waals surface area contributed by atoms with Crippen LogP contribution in [0.1, 0.15) is 32.1 Å². The predicted molar refractivity (Wildman–Crippen MR) is 80.4 cm³/mol. The van der Waals surface area contributed by atoms with Crippen molar-refractivity contribution in [1.29, 1.82) is 0 Å². The summed E-state index contributed by atoms with van der Waals surface area (Å²) in [5.41, 5.74) is 6.48. The van der Waals surface area contributed by atoms with Gasteiger partial charge in [-0.15, -0.1) is 0 Å². The van der Waals surface area contributed by atoms with Gasteiger partial charge in [-0.1, -0.05) is 25.3 Å². The second-order valence-electron chi connectivity index (χ2n) is 5.69. The molecule has 1 aromatic carbocycles. The van der Waals surface area contributed by atoms with E-state index < -0.39 is 0 Å². The van der Waals surface area contributed by atoms with E-state index in [4.69, 9.17) is 10.5 Å². The van der Waals surface area contributed by atoms with Crippen LogP contribution in [0, 0.1) is 5.92 Å². The highest BCUT2D eigenvalue weighted by atomic mass is 16.5. The number of hydrogen-bond donors (Lipinski definition) is 1. The number of nitrogens with two attached hydrogens (primary N) is 1. The average Bonchev–Trinajstić information content (AvgIpc) is 2.40. The highest BCUT2D eigenvalue weighted by Gasteiger charge is 2.15. The third-order valence-corrected chi connectivity index (χ3v) is 3.89. The van der Waals surface area contributed by atoms with Gasteiger partial charge in [-0.3, -0.25) is 0 Å². The van der Waals surface area contributed by atoms with Gasteiger partial charge in [0.05, 0.1) is 0 Å². The van der Waals surface area contributed by atoms with E-state index in [0.29, 0.717) is 0 Å². The molecule has 1 aromatic rings. The van der Waals surface area contributed by atoms with Gasteiger partial charge in [0, 0.05) is 24.8 Å². The summed E-state index contributed by atoms with van der Waals surface area (Å²) in [5, 5.41) is 0. The molecule has 0 unspecified atom stereocenters. The zero-order valence-corrected chi connectivity index (χ0v) is 12.0. The molecule has 3 heteroatoms. The van der Waals surface area contributed by atoms with Gasteiger partial charge in [0.1, 0.15) is 12.4 Å². The highest BCUT2D eigenvalue weighted by Crippen LogP contribution is 2.24. The molecule has 0 saturated heterocycles. The fourth-order valence-electron chi connectivity index (χ4n) is 2.83. The quantitative estimate of drug-likeness (QED) is 0.800. The van der Waals surface area contributed by atoms with E-state index >= 15 is 0 Å². The summed E-state index contributed by atoms with van der Waals surface area (Å²) in [5.74, 6) is 1.76. The molecule has 1 aliphatic carbocycles. The van der Waals surface area contributed by atoms with Crippen LogP contribution in [0.2, 0.25) is 0 Å². The zero-order valence-electron chi connectivity index (χ0n) is 12.0. The van der Waals surface area contributed by atoms with Crippen molar-refractivity contribution >= 4 is 5.69 Å². The second-order valence-corrected chi connectivity index (χ2v) is 5.69. The molecule has 3 nitrogen and oxygen atoms in total. The minimum absolute atomic E-state index is 0.729. The van der Waals surface area contributed by atoms with Crippen LogP contribution in [0.15, 0.2) is 24.3 Å². The number of nitrogen functional groups attached to an aromatic ring is 1. The Labute approximate surface area is 116 Å². The zero-order chi connectivity index (χ0) is 13.5. The lowest BCUT2D eigenvalue weighted by Gasteiger charge is -2.26. The van der Waals surface area contributed by atoms with E-state index in [1.165, 1.54) is 38.6 Å². The monoisotopic (exact) mass is 262 g/mol. The molecule has 0 heterocycles. The number of benzene rings is 1. The fraction of sp³-hybridized carbons (Fsp3) is 0.625. The molecular weight excluding hydrogens is 236 g/mol. The molecule has 0 aromatic heterocycles. The van der Waals surface area contributed by atoms with Crippen LogP contribution in [-0.4, -0.2) is 31.6 Å². The summed E-state index contributed by atoms with van der Waals surface area (Å²) < 4.78 is 5.72. The maximum atomic E-state index is 5.72. The van der Waals surface area contributed by atoms with Crippen molar-refractivity contribution in [2.45, 2.75) is 32.1 Å². The maximum Gasteiger partial charge on any atom is 0.121 e. The summed E-state index contributed by atoms with van der Waals surface area (Å²) >= 11 is 0. The Balaban J connectivity index is 1.64. The smallest absolute Gasteiger partial charge is 0.121 e. The number of anilines is 1. The van der Waals surface area contributed by atoms with Crippen LogP contribution in [0.4, 0.5) is 5.69 Å². The van der Waals surface area contributed by atoms with E-state index in [1.807, 2.05) is 24.3 Å². The molecule has 0 atom stereocenters. The first kappa shape index (κ1) is 14.2. The summed E-state index contributed by atoms with van der Waals surface area (Å²) in [4.78, 5) is 2.39. The Morgan fingerprint density at radius 2 is 2.05 bits per heavy atom. The maximum absolute atomic E-state index is 5.72. The minimum Gasteiger partial charge on any atom is -0.492 e. The molecule has 0 bridgehead atoms. The first-order valence-electron chi connectivity index (χ1n) is 7.41. The first-order chi connectivity index (χ1) is 9.24. The first-order valence-corrected chi connectivity index (χ1v) is 7.41. The Bertz CT molecular complexity index is 375. The van der Waals surface area contributed by atoms with Crippen molar-refractivity contribution in [2.24, 2.45) is 5.92 Å². The number of rotatable bonds is 6. The van der Waals surface area contributed by atoms with Crippen LogP contribution < -0.4 is 10.5 Å². The number of hydrogen-bond acceptors (Lipinski definition) is 3. The van der Waals surface area contributed by atoms with Crippen LogP contribution in [0.3, 0.4) is 0 Å². The van der Waals surface area contributed by atoms with Gasteiger partial charge >= 0.3 is 0 Å². The van der Waals surface area contributed by atoms with E-state index in [9.17, 15) is 0 Å². The Hall–Kier alpha value is -1.22. The van der Waals surface area contributed by atoms with Gasteiger partial charge < -0.3 is 15.4 Å². The van der Waals surface area contributed by atoms with Gasteiger partial charge in [0.2, 0.25) is 0 Å². The van der Waals surface area contributed by atoms with Gasteiger partial charge in [-0.05, 0) is 37.9 Å². The normalized spacial score (nSPS) is 16.7. The summed E-state index contributed by atoms with van der Waals surface area (Å²) in [6.07, 6.45) is 7.07. The molecule has 1 fully saturated rings. The van der Waals surface area contributed by atoms with Crippen molar-refractivity contribution in [3.8, 4) is 5.75 Å². The molecule has 0 radical (unpaired) electrons. The van der Waals surface area contributed by atoms with Crippen LogP contribution in [-0.2, 0) is 0 Å². The van der Waals surface area contributed by atoms with Gasteiger partial charge in [0.15, 0.2) is 0 Å². The SMILES string of the molecule is CN(CCOc1cccc(N)c1)CC1CCCCC1. The van der Waals surface area contributed by atoms with Crippen molar-refractivity contribution in [1.82, 2.24) is 4.90 Å². The van der Waals surface area contributed by atoms with Crippen molar-refractivity contribution in [3.05, 3.63) is 24.3 Å². The lowest BCUT2D eigenvalue weighted by molar-refractivity contribution is 0.195. The molecule has 1 saturated carbocycles. The second kappa shape index (κ2) is 7.39. The van der Waals surface area contributed by atoms with E-state index in [1.54, 1.807) is 0 Å². The number of ether oxygens (including phenoxy) is 1. The van der Waals surface area contributed by atoms with Crippen molar-refractivity contribution in [2.75, 3.05) is 32.5 Å². The fourth-order valence-corrected chi connectivity index (χ4v) is 2.83. The third-order valence-electron chi connectivity index (χ3n) is 3.89. The summed E-state index contributed by atoms with van der Waals surface area (Å²) in [6, 6.07) is 7.64. The lowest BCUT2D eigenvalue weighted by atomic mass is 9.89. The van der Waals surface area contributed by atoms with E-state index in [0.717, 1.165) is 30.5 Å². The molecule has 0 aliphatic heterocycles. The summed E-state index contributed by atoms with van der Waals surface area (Å²) in [7, 11) is 2.19. The number of nitrogens with zero attached hydrogens (tertiary/aromatic N) is 1. The Morgan fingerprint density at radius 3 is 2.79 bits per heavy atom. The summed E-state index contributed by atoms with van der Waals surface area (Å²) in [6.45, 7) is 2.91. The molecule has 19 heavy (non-hydrogen) atoms. The molecule has 2 N–H and O–H groups in total. The molecule has 0 amide bonds. The number of likely N-dealkylation sites (N-methyl/N-ethyl adjacent to an activating group) is 1. The topological polar surface area (TPSA) is 38.5 Å². The highest BCUT2D eigenvalue weighted by molar-refractivity contribution is 5.43. The van der Waals surface area contributed by atoms with Crippen molar-refractivity contribution < 1.29 is 4.74 Å². The van der Waals surface area contributed by atoms with Gasteiger partial charge in [-0.25, -0.2) is 0 Å². The van der Waals surface area contributed by atoms with Crippen molar-refractivity contribution in [3.63, 3.8) is 0 Å².